The maximum atomic E-state index is 11.4. The average Bonchev–Trinajstić information content (AvgIpc) is 2.58. The van der Waals surface area contributed by atoms with Crippen LogP contribution in [0.1, 0.15) is 96.8 Å². The zero-order valence-corrected chi connectivity index (χ0v) is 17.0. The molecule has 140 valence electrons. The molecule has 0 spiro atoms. The van der Waals surface area contributed by atoms with Gasteiger partial charge in [0.1, 0.15) is 0 Å². The van der Waals surface area contributed by atoms with Gasteiger partial charge in [-0.1, -0.05) is 86.4 Å². The van der Waals surface area contributed by atoms with E-state index in [0.717, 1.165) is 12.8 Å². The van der Waals surface area contributed by atoms with Crippen LogP contribution in [0.4, 0.5) is 0 Å². The third kappa shape index (κ3) is 17.7. The lowest BCUT2D eigenvalue weighted by Gasteiger charge is -2.02. The molecular formula is C20H36BrNO2. The maximum absolute atomic E-state index is 11.4. The molecule has 0 aliphatic rings. The molecule has 4 heteroatoms. The van der Waals surface area contributed by atoms with Crippen LogP contribution < -0.4 is 5.32 Å². The summed E-state index contributed by atoms with van der Waals surface area (Å²) in [5.74, 6) is -0.412. The largest absolute Gasteiger partial charge is 0.296 e. The summed E-state index contributed by atoms with van der Waals surface area (Å²) in [6.07, 6.45) is 21.3. The molecule has 0 aliphatic carbocycles. The molecular weight excluding hydrogens is 366 g/mol. The van der Waals surface area contributed by atoms with Gasteiger partial charge in [0.05, 0.1) is 5.33 Å². The summed E-state index contributed by atoms with van der Waals surface area (Å²) < 4.78 is 0. The van der Waals surface area contributed by atoms with Crippen molar-refractivity contribution in [2.45, 2.75) is 96.8 Å². The minimum atomic E-state index is -0.257. The Labute approximate surface area is 157 Å². The molecule has 0 aliphatic heterocycles. The molecule has 0 rings (SSSR count). The van der Waals surface area contributed by atoms with Crippen molar-refractivity contribution in [1.29, 1.82) is 0 Å². The first-order valence-electron chi connectivity index (χ1n) is 9.74. The monoisotopic (exact) mass is 401 g/mol. The number of hydrogen-bond acceptors (Lipinski definition) is 2. The average molecular weight is 402 g/mol. The van der Waals surface area contributed by atoms with Gasteiger partial charge in [-0.05, 0) is 32.1 Å². The van der Waals surface area contributed by atoms with Gasteiger partial charge in [-0.3, -0.25) is 14.9 Å². The molecule has 0 aromatic carbocycles. The number of halogens is 1. The van der Waals surface area contributed by atoms with Crippen molar-refractivity contribution >= 4 is 27.7 Å². The number of hydrogen-bond donors (Lipinski definition) is 1. The predicted octanol–water partition coefficient (Wildman–Crippen LogP) is 6.06. The molecule has 0 fully saturated rings. The van der Waals surface area contributed by atoms with E-state index in [9.17, 15) is 9.59 Å². The van der Waals surface area contributed by atoms with E-state index in [2.05, 4.69) is 40.3 Å². The van der Waals surface area contributed by atoms with E-state index in [0.29, 0.717) is 6.42 Å². The van der Waals surface area contributed by atoms with Crippen LogP contribution in [0, 0.1) is 0 Å². The normalized spacial score (nSPS) is 11.1. The molecule has 0 bridgehead atoms. The first-order chi connectivity index (χ1) is 11.7. The van der Waals surface area contributed by atoms with Crippen LogP contribution in [0.2, 0.25) is 0 Å². The molecule has 3 nitrogen and oxygen atoms in total. The number of imide groups is 1. The second-order valence-electron chi connectivity index (χ2n) is 6.44. The highest BCUT2D eigenvalue weighted by Gasteiger charge is 2.05. The number of unbranched alkanes of at least 4 members (excludes halogenated alkanes) is 11. The summed E-state index contributed by atoms with van der Waals surface area (Å²) in [6.45, 7) is 2.26. The molecule has 0 saturated heterocycles. The second kappa shape index (κ2) is 18.7. The number of carbonyl (C=O) groups is 2. The van der Waals surface area contributed by atoms with Gasteiger partial charge in [-0.2, -0.15) is 0 Å². The van der Waals surface area contributed by atoms with Crippen molar-refractivity contribution in [3.63, 3.8) is 0 Å². The molecule has 0 heterocycles. The van der Waals surface area contributed by atoms with Crippen molar-refractivity contribution in [3.05, 3.63) is 12.2 Å². The van der Waals surface area contributed by atoms with Gasteiger partial charge < -0.3 is 0 Å². The highest BCUT2D eigenvalue weighted by molar-refractivity contribution is 9.09. The molecule has 1 N–H and O–H groups in total. The fourth-order valence-corrected chi connectivity index (χ4v) is 2.75. The van der Waals surface area contributed by atoms with E-state index in [1.807, 2.05) is 0 Å². The van der Waals surface area contributed by atoms with Gasteiger partial charge in [0, 0.05) is 6.42 Å². The summed E-state index contributed by atoms with van der Waals surface area (Å²) in [4.78, 5) is 22.4. The van der Waals surface area contributed by atoms with Crippen molar-refractivity contribution in [3.8, 4) is 0 Å². The Morgan fingerprint density at radius 2 is 1.25 bits per heavy atom. The maximum Gasteiger partial charge on any atom is 0.237 e. The first kappa shape index (κ1) is 23.4. The number of nitrogens with one attached hydrogen (secondary N) is 1. The van der Waals surface area contributed by atoms with E-state index in [-0.39, 0.29) is 17.1 Å². The van der Waals surface area contributed by atoms with Crippen LogP contribution in [0.15, 0.2) is 12.2 Å². The van der Waals surface area contributed by atoms with Crippen LogP contribution >= 0.6 is 15.9 Å². The Kier molecular flexibility index (Phi) is 18.2. The zero-order chi connectivity index (χ0) is 17.9. The molecule has 2 amide bonds. The summed E-state index contributed by atoms with van der Waals surface area (Å²) in [5.41, 5.74) is 0. The van der Waals surface area contributed by atoms with Crippen LogP contribution in [0.25, 0.3) is 0 Å². The van der Waals surface area contributed by atoms with Gasteiger partial charge in [0.2, 0.25) is 11.8 Å². The molecule has 0 unspecified atom stereocenters. The van der Waals surface area contributed by atoms with Gasteiger partial charge in [0.25, 0.3) is 0 Å². The second-order valence-corrected chi connectivity index (χ2v) is 7.00. The van der Waals surface area contributed by atoms with Crippen molar-refractivity contribution in [1.82, 2.24) is 5.32 Å². The topological polar surface area (TPSA) is 46.2 Å². The number of alkyl halides is 1. The fourth-order valence-electron chi connectivity index (χ4n) is 2.61. The lowest BCUT2D eigenvalue weighted by Crippen LogP contribution is -2.30. The van der Waals surface area contributed by atoms with E-state index >= 15 is 0 Å². The van der Waals surface area contributed by atoms with Gasteiger partial charge >= 0.3 is 0 Å². The van der Waals surface area contributed by atoms with Gasteiger partial charge in [0.15, 0.2) is 0 Å². The smallest absolute Gasteiger partial charge is 0.237 e. The van der Waals surface area contributed by atoms with Crippen LogP contribution in [-0.4, -0.2) is 17.1 Å². The quantitative estimate of drug-likeness (QED) is 0.194. The molecule has 0 saturated carbocycles. The minimum Gasteiger partial charge on any atom is -0.296 e. The molecule has 0 aromatic rings. The molecule has 24 heavy (non-hydrogen) atoms. The van der Waals surface area contributed by atoms with Crippen molar-refractivity contribution in [2.24, 2.45) is 0 Å². The number of amides is 2. The first-order valence-corrected chi connectivity index (χ1v) is 10.9. The van der Waals surface area contributed by atoms with Gasteiger partial charge in [-0.15, -0.1) is 0 Å². The standard InChI is InChI=1S/C20H36BrNO2/c1-2-3-4-5-6-7-8-9-10-11-12-13-14-15-16-17-19(23)22-20(24)18-21/h9-10H,2-8,11-18H2,1H3,(H,22,23,24)/b10-9-. The Balaban J connectivity index is 3.23. The number of carbonyl (C=O) groups excluding carboxylic acids is 2. The van der Waals surface area contributed by atoms with E-state index < -0.39 is 0 Å². The lowest BCUT2D eigenvalue weighted by atomic mass is 10.1. The highest BCUT2D eigenvalue weighted by atomic mass is 79.9. The number of rotatable bonds is 16. The summed E-state index contributed by atoms with van der Waals surface area (Å²) >= 11 is 3.02. The van der Waals surface area contributed by atoms with E-state index in [4.69, 9.17) is 0 Å². The zero-order valence-electron chi connectivity index (χ0n) is 15.5. The van der Waals surface area contributed by atoms with Crippen LogP contribution in [0.3, 0.4) is 0 Å². The Bertz CT molecular complexity index is 343. The fraction of sp³-hybridized carbons (Fsp3) is 0.800. The van der Waals surface area contributed by atoms with Crippen LogP contribution in [0.5, 0.6) is 0 Å². The minimum absolute atomic E-state index is 0.155. The highest BCUT2D eigenvalue weighted by Crippen LogP contribution is 2.09. The number of allylic oxidation sites excluding steroid dienone is 2. The molecule has 0 radical (unpaired) electrons. The predicted molar refractivity (Wildman–Crippen MR) is 106 cm³/mol. The van der Waals surface area contributed by atoms with Gasteiger partial charge in [-0.25, -0.2) is 0 Å². The van der Waals surface area contributed by atoms with Crippen molar-refractivity contribution in [2.75, 3.05) is 5.33 Å². The SMILES string of the molecule is CCCCCCCC/C=C\CCCCCCCC(=O)NC(=O)CBr. The van der Waals surface area contributed by atoms with E-state index in [1.165, 1.54) is 70.6 Å². The molecule has 0 aromatic heterocycles. The summed E-state index contributed by atoms with van der Waals surface area (Å²) in [6, 6.07) is 0. The third-order valence-electron chi connectivity index (χ3n) is 4.07. The summed E-state index contributed by atoms with van der Waals surface area (Å²) in [5, 5.41) is 2.53. The summed E-state index contributed by atoms with van der Waals surface area (Å²) in [7, 11) is 0. The van der Waals surface area contributed by atoms with Crippen LogP contribution in [-0.2, 0) is 9.59 Å². The Hall–Kier alpha value is -0.640. The van der Waals surface area contributed by atoms with Crippen molar-refractivity contribution < 1.29 is 9.59 Å². The van der Waals surface area contributed by atoms with E-state index in [1.54, 1.807) is 0 Å². The Morgan fingerprint density at radius 3 is 1.79 bits per heavy atom. The lowest BCUT2D eigenvalue weighted by molar-refractivity contribution is -0.129. The third-order valence-corrected chi connectivity index (χ3v) is 4.58. The molecule has 0 atom stereocenters. The Morgan fingerprint density at radius 1 is 0.750 bits per heavy atom.